The molecule has 3 aromatic rings. The molecule has 0 heterocycles. The Morgan fingerprint density at radius 2 is 1.25 bits per heavy atom. The number of esters is 1. The zero-order chi connectivity index (χ0) is 19.9. The third kappa shape index (κ3) is 4.65. The zero-order valence-electron chi connectivity index (χ0n) is 16.0. The van der Waals surface area contributed by atoms with Crippen molar-refractivity contribution < 1.29 is 14.3 Å². The Balaban J connectivity index is 1.90. The number of hydrogen-bond acceptors (Lipinski definition) is 3. The molecule has 0 aromatic heterocycles. The smallest absolute Gasteiger partial charge is 0.341 e. The molecule has 28 heavy (non-hydrogen) atoms. The maximum Gasteiger partial charge on any atom is 0.341 e. The number of carbonyl (C=O) groups excluding carboxylic acids is 2. The van der Waals surface area contributed by atoms with E-state index in [1.54, 1.807) is 38.1 Å². The van der Waals surface area contributed by atoms with E-state index in [0.29, 0.717) is 11.3 Å². The van der Waals surface area contributed by atoms with Crippen LogP contribution in [0.4, 0.5) is 5.69 Å². The maximum absolute atomic E-state index is 13.0. The fourth-order valence-corrected chi connectivity index (χ4v) is 2.80. The van der Waals surface area contributed by atoms with Crippen molar-refractivity contribution in [3.63, 3.8) is 0 Å². The van der Waals surface area contributed by atoms with Gasteiger partial charge in [-0.05, 0) is 23.3 Å². The van der Waals surface area contributed by atoms with Crippen molar-refractivity contribution in [3.8, 4) is 0 Å². The van der Waals surface area contributed by atoms with Crippen LogP contribution in [0.1, 0.15) is 41.4 Å². The number of benzene rings is 3. The van der Waals surface area contributed by atoms with Gasteiger partial charge in [0.25, 0.3) is 0 Å². The molecule has 1 amide bonds. The molecule has 4 heteroatoms. The third-order valence-corrected chi connectivity index (χ3v) is 4.36. The molecule has 0 unspecified atom stereocenters. The molecule has 4 nitrogen and oxygen atoms in total. The van der Waals surface area contributed by atoms with Crippen LogP contribution < -0.4 is 5.32 Å². The predicted octanol–water partition coefficient (Wildman–Crippen LogP) is 5.23. The monoisotopic (exact) mass is 373 g/mol. The molecule has 0 bridgehead atoms. The van der Waals surface area contributed by atoms with E-state index in [9.17, 15) is 9.59 Å². The molecule has 0 fully saturated rings. The first kappa shape index (κ1) is 19.4. The van der Waals surface area contributed by atoms with Gasteiger partial charge in [-0.1, -0.05) is 86.6 Å². The van der Waals surface area contributed by atoms with Gasteiger partial charge in [0.05, 0.1) is 11.3 Å². The molecule has 142 valence electrons. The van der Waals surface area contributed by atoms with Crippen molar-refractivity contribution in [2.24, 2.45) is 5.92 Å². The molecule has 0 aliphatic heterocycles. The van der Waals surface area contributed by atoms with Gasteiger partial charge in [-0.2, -0.15) is 0 Å². The molecule has 0 atom stereocenters. The highest BCUT2D eigenvalue weighted by Crippen LogP contribution is 2.28. The van der Waals surface area contributed by atoms with Gasteiger partial charge in [0.1, 0.15) is 0 Å². The average molecular weight is 373 g/mol. The Hall–Kier alpha value is -3.40. The first-order valence-electron chi connectivity index (χ1n) is 9.27. The van der Waals surface area contributed by atoms with Gasteiger partial charge in [-0.15, -0.1) is 0 Å². The van der Waals surface area contributed by atoms with E-state index >= 15 is 0 Å². The van der Waals surface area contributed by atoms with Gasteiger partial charge in [-0.3, -0.25) is 4.79 Å². The number of amides is 1. The van der Waals surface area contributed by atoms with E-state index in [0.717, 1.165) is 11.1 Å². The average Bonchev–Trinajstić information content (AvgIpc) is 2.73. The fourth-order valence-electron chi connectivity index (χ4n) is 2.80. The summed E-state index contributed by atoms with van der Waals surface area (Å²) in [5.74, 6) is -0.828. The topological polar surface area (TPSA) is 55.4 Å². The van der Waals surface area contributed by atoms with Gasteiger partial charge in [-0.25, -0.2) is 4.79 Å². The van der Waals surface area contributed by atoms with Crippen LogP contribution in [0.3, 0.4) is 0 Å². The highest BCUT2D eigenvalue weighted by atomic mass is 16.5. The van der Waals surface area contributed by atoms with E-state index in [2.05, 4.69) is 5.32 Å². The van der Waals surface area contributed by atoms with Crippen molar-refractivity contribution in [2.75, 3.05) is 5.32 Å². The molecule has 0 radical (unpaired) electrons. The summed E-state index contributed by atoms with van der Waals surface area (Å²) in [6.45, 7) is 3.61. The van der Waals surface area contributed by atoms with Crippen LogP contribution >= 0.6 is 0 Å². The number of carbonyl (C=O) groups is 2. The fraction of sp³-hybridized carbons (Fsp3) is 0.167. The van der Waals surface area contributed by atoms with Crippen LogP contribution in [0.2, 0.25) is 0 Å². The highest BCUT2D eigenvalue weighted by Gasteiger charge is 2.22. The SMILES string of the molecule is CC(C)C(=O)Nc1ccccc1C(=O)OC(c1ccccc1)c1ccccc1. The van der Waals surface area contributed by atoms with Crippen LogP contribution in [0.5, 0.6) is 0 Å². The van der Waals surface area contributed by atoms with E-state index in [1.807, 2.05) is 60.7 Å². The van der Waals surface area contributed by atoms with Crippen molar-refractivity contribution in [1.29, 1.82) is 0 Å². The van der Waals surface area contributed by atoms with Crippen LogP contribution in [0.25, 0.3) is 0 Å². The quantitative estimate of drug-likeness (QED) is 0.602. The number of ether oxygens (including phenoxy) is 1. The largest absolute Gasteiger partial charge is 0.449 e. The molecule has 0 saturated heterocycles. The van der Waals surface area contributed by atoms with Crippen molar-refractivity contribution in [3.05, 3.63) is 102 Å². The van der Waals surface area contributed by atoms with Gasteiger partial charge < -0.3 is 10.1 Å². The first-order valence-corrected chi connectivity index (χ1v) is 9.27. The summed E-state index contributed by atoms with van der Waals surface area (Å²) in [6, 6.07) is 26.1. The Kier molecular flexibility index (Phi) is 6.22. The van der Waals surface area contributed by atoms with E-state index in [4.69, 9.17) is 4.74 Å². The number of rotatable bonds is 6. The second kappa shape index (κ2) is 9.00. The normalized spacial score (nSPS) is 10.7. The lowest BCUT2D eigenvalue weighted by molar-refractivity contribution is -0.118. The predicted molar refractivity (Wildman–Crippen MR) is 110 cm³/mol. The van der Waals surface area contributed by atoms with Crippen LogP contribution in [0, 0.1) is 5.92 Å². The minimum Gasteiger partial charge on any atom is -0.449 e. The molecule has 3 rings (SSSR count). The number of nitrogens with one attached hydrogen (secondary N) is 1. The number of hydrogen-bond donors (Lipinski definition) is 1. The van der Waals surface area contributed by atoms with Crippen molar-refractivity contribution >= 4 is 17.6 Å². The minimum atomic E-state index is -0.538. The number of anilines is 1. The van der Waals surface area contributed by atoms with E-state index in [1.165, 1.54) is 0 Å². The lowest BCUT2D eigenvalue weighted by atomic mass is 10.0. The van der Waals surface area contributed by atoms with Gasteiger partial charge in [0.2, 0.25) is 5.91 Å². The molecule has 1 N–H and O–H groups in total. The van der Waals surface area contributed by atoms with E-state index in [-0.39, 0.29) is 11.8 Å². The summed E-state index contributed by atoms with van der Waals surface area (Å²) in [7, 11) is 0. The zero-order valence-corrected chi connectivity index (χ0v) is 16.0. The maximum atomic E-state index is 13.0. The van der Waals surface area contributed by atoms with E-state index < -0.39 is 12.1 Å². The molecule has 0 saturated carbocycles. The summed E-state index contributed by atoms with van der Waals surface area (Å²) in [5, 5.41) is 2.80. The van der Waals surface area contributed by atoms with Gasteiger partial charge in [0, 0.05) is 5.92 Å². The summed E-state index contributed by atoms with van der Waals surface area (Å²) >= 11 is 0. The Morgan fingerprint density at radius 1 is 0.750 bits per heavy atom. The standard InChI is InChI=1S/C24H23NO3/c1-17(2)23(26)25-21-16-10-9-15-20(21)24(27)28-22(18-11-5-3-6-12-18)19-13-7-4-8-14-19/h3-17,22H,1-2H3,(H,25,26). The third-order valence-electron chi connectivity index (χ3n) is 4.36. The van der Waals surface area contributed by atoms with Crippen LogP contribution in [0.15, 0.2) is 84.9 Å². The molecule has 0 aliphatic rings. The summed E-state index contributed by atoms with van der Waals surface area (Å²) in [6.07, 6.45) is -0.538. The lowest BCUT2D eigenvalue weighted by Gasteiger charge is -2.20. The lowest BCUT2D eigenvalue weighted by Crippen LogP contribution is -2.20. The molecular weight excluding hydrogens is 350 g/mol. The Bertz CT molecular complexity index is 897. The second-order valence-corrected chi connectivity index (χ2v) is 6.80. The summed E-state index contributed by atoms with van der Waals surface area (Å²) in [5.41, 5.74) is 2.54. The van der Waals surface area contributed by atoms with Gasteiger partial charge in [0.15, 0.2) is 6.10 Å². The second-order valence-electron chi connectivity index (χ2n) is 6.80. The summed E-state index contributed by atoms with van der Waals surface area (Å²) in [4.78, 5) is 25.1. The molecule has 0 aliphatic carbocycles. The first-order chi connectivity index (χ1) is 13.6. The van der Waals surface area contributed by atoms with Crippen molar-refractivity contribution in [2.45, 2.75) is 20.0 Å². The minimum absolute atomic E-state index is 0.150. The molecule has 3 aromatic carbocycles. The Morgan fingerprint density at radius 3 is 1.79 bits per heavy atom. The Labute approximate surface area is 165 Å². The highest BCUT2D eigenvalue weighted by molar-refractivity contribution is 6.01. The van der Waals surface area contributed by atoms with Crippen LogP contribution in [-0.2, 0) is 9.53 Å². The summed E-state index contributed by atoms with van der Waals surface area (Å²) < 4.78 is 5.90. The van der Waals surface area contributed by atoms with Crippen LogP contribution in [-0.4, -0.2) is 11.9 Å². The van der Waals surface area contributed by atoms with Crippen molar-refractivity contribution in [1.82, 2.24) is 0 Å². The van der Waals surface area contributed by atoms with Gasteiger partial charge >= 0.3 is 5.97 Å². The molecular formula is C24H23NO3. The number of para-hydroxylation sites is 1. The molecule has 0 spiro atoms.